The third-order valence-corrected chi connectivity index (χ3v) is 3.48. The molecule has 1 aromatic carbocycles. The van der Waals surface area contributed by atoms with E-state index >= 15 is 0 Å². The second-order valence-electron chi connectivity index (χ2n) is 5.51. The highest BCUT2D eigenvalue weighted by Crippen LogP contribution is 2.20. The zero-order valence-electron chi connectivity index (χ0n) is 12.3. The van der Waals surface area contributed by atoms with Crippen LogP contribution in [0, 0.1) is 0 Å². The summed E-state index contributed by atoms with van der Waals surface area (Å²) < 4.78 is 0. The van der Waals surface area contributed by atoms with Gasteiger partial charge in [-0.05, 0) is 32.8 Å². The minimum atomic E-state index is -0.294. The molecule has 0 bridgehead atoms. The minimum Gasteiger partial charge on any atom is -0.330 e. The normalized spacial score (nSPS) is 11.2. The smallest absolute Gasteiger partial charge is 0.227 e. The van der Waals surface area contributed by atoms with Crippen molar-refractivity contribution in [3.63, 3.8) is 0 Å². The lowest BCUT2D eigenvalue weighted by molar-refractivity contribution is -0.139. The zero-order valence-corrected chi connectivity index (χ0v) is 12.3. The van der Waals surface area contributed by atoms with Crippen LogP contribution in [0.2, 0.25) is 0 Å². The minimum absolute atomic E-state index is 0.00764. The van der Waals surface area contributed by atoms with Crippen molar-refractivity contribution >= 4 is 11.7 Å². The summed E-state index contributed by atoms with van der Waals surface area (Å²) in [6, 6.07) is 9.63. The predicted octanol–water partition coefficient (Wildman–Crippen LogP) is 2.84. The first kappa shape index (κ1) is 15.4. The molecule has 0 saturated heterocycles. The molecule has 1 rings (SSSR count). The highest BCUT2D eigenvalue weighted by Gasteiger charge is 2.29. The van der Waals surface area contributed by atoms with Crippen molar-refractivity contribution in [1.29, 1.82) is 0 Å². The first-order valence-corrected chi connectivity index (χ1v) is 6.70. The molecule has 19 heavy (non-hydrogen) atoms. The first-order valence-electron chi connectivity index (χ1n) is 6.70. The Labute approximate surface area is 115 Å². The second kappa shape index (κ2) is 6.50. The number of hydrogen-bond acceptors (Lipinski definition) is 2. The van der Waals surface area contributed by atoms with Gasteiger partial charge in [-0.2, -0.15) is 0 Å². The fourth-order valence-corrected chi connectivity index (χ4v) is 1.92. The molecule has 0 spiro atoms. The summed E-state index contributed by atoms with van der Waals surface area (Å²) in [5.74, 6) is 0.0242. The van der Waals surface area contributed by atoms with Gasteiger partial charge in [-0.1, -0.05) is 37.3 Å². The Kier molecular flexibility index (Phi) is 5.28. The molecule has 3 heteroatoms. The molecule has 0 aliphatic heterocycles. The molecule has 0 aliphatic rings. The van der Waals surface area contributed by atoms with E-state index in [9.17, 15) is 9.59 Å². The maximum absolute atomic E-state index is 12.4. The van der Waals surface area contributed by atoms with Gasteiger partial charge < -0.3 is 4.90 Å². The van der Waals surface area contributed by atoms with Gasteiger partial charge in [0.2, 0.25) is 5.91 Å². The molecule has 104 valence electrons. The Morgan fingerprint density at radius 3 is 2.21 bits per heavy atom. The van der Waals surface area contributed by atoms with Crippen LogP contribution in [0.3, 0.4) is 0 Å². The fraction of sp³-hybridized carbons (Fsp3) is 0.500. The molecule has 0 saturated carbocycles. The number of carbonyl (C=O) groups excluding carboxylic acids is 2. The Bertz CT molecular complexity index is 437. The van der Waals surface area contributed by atoms with Gasteiger partial charge in [0.05, 0.1) is 13.0 Å². The molecule has 0 N–H and O–H groups in total. The van der Waals surface area contributed by atoms with Crippen LogP contribution in [0.5, 0.6) is 0 Å². The third-order valence-electron chi connectivity index (χ3n) is 3.48. The number of ketones is 1. The number of Topliss-reactive ketones (excluding diaryl/α,β-unsaturated/α-hetero) is 1. The standard InChI is InChI=1S/C16H23NO2/c1-5-16(3,4)17(12-13(2)18)15(19)11-14-9-7-6-8-10-14/h6-10H,5,11-12H2,1-4H3. The number of carbonyl (C=O) groups is 2. The molecular formula is C16H23NO2. The van der Waals surface area contributed by atoms with E-state index in [0.29, 0.717) is 6.42 Å². The maximum atomic E-state index is 12.4. The molecule has 0 aromatic heterocycles. The molecule has 0 atom stereocenters. The van der Waals surface area contributed by atoms with Crippen molar-refractivity contribution in [2.45, 2.75) is 46.1 Å². The van der Waals surface area contributed by atoms with Crippen molar-refractivity contribution in [3.05, 3.63) is 35.9 Å². The summed E-state index contributed by atoms with van der Waals surface area (Å²) in [4.78, 5) is 25.5. The highest BCUT2D eigenvalue weighted by atomic mass is 16.2. The fourth-order valence-electron chi connectivity index (χ4n) is 1.92. The van der Waals surface area contributed by atoms with Gasteiger partial charge in [0.1, 0.15) is 5.78 Å². The average molecular weight is 261 g/mol. The molecule has 1 aromatic rings. The van der Waals surface area contributed by atoms with E-state index < -0.39 is 0 Å². The van der Waals surface area contributed by atoms with Gasteiger partial charge in [-0.3, -0.25) is 9.59 Å². The molecule has 0 radical (unpaired) electrons. The van der Waals surface area contributed by atoms with Crippen molar-refractivity contribution < 1.29 is 9.59 Å². The third kappa shape index (κ3) is 4.51. The van der Waals surface area contributed by atoms with Crippen molar-refractivity contribution in [3.8, 4) is 0 Å². The summed E-state index contributed by atoms with van der Waals surface area (Å²) in [6.07, 6.45) is 1.17. The first-order chi connectivity index (χ1) is 8.86. The number of benzene rings is 1. The lowest BCUT2D eigenvalue weighted by Gasteiger charge is -2.37. The quantitative estimate of drug-likeness (QED) is 0.789. The molecule has 1 amide bonds. The summed E-state index contributed by atoms with van der Waals surface area (Å²) >= 11 is 0. The molecule has 0 fully saturated rings. The summed E-state index contributed by atoms with van der Waals surface area (Å²) in [7, 11) is 0. The predicted molar refractivity (Wildman–Crippen MR) is 76.9 cm³/mol. The van der Waals surface area contributed by atoms with Crippen LogP contribution in [0.4, 0.5) is 0 Å². The number of nitrogens with zero attached hydrogens (tertiary/aromatic N) is 1. The molecular weight excluding hydrogens is 238 g/mol. The molecule has 3 nitrogen and oxygen atoms in total. The topological polar surface area (TPSA) is 37.4 Å². The Morgan fingerprint density at radius 2 is 1.74 bits per heavy atom. The SMILES string of the molecule is CCC(C)(C)N(CC(C)=O)C(=O)Cc1ccccc1. The number of rotatable bonds is 6. The monoisotopic (exact) mass is 261 g/mol. The molecule has 0 heterocycles. The Hall–Kier alpha value is -1.64. The molecule has 0 unspecified atom stereocenters. The van der Waals surface area contributed by atoms with E-state index in [0.717, 1.165) is 12.0 Å². The van der Waals surface area contributed by atoms with Crippen LogP contribution in [0.1, 0.15) is 39.7 Å². The van der Waals surface area contributed by atoms with Crippen LogP contribution >= 0.6 is 0 Å². The van der Waals surface area contributed by atoms with E-state index in [4.69, 9.17) is 0 Å². The zero-order chi connectivity index (χ0) is 14.5. The number of hydrogen-bond donors (Lipinski definition) is 0. The summed E-state index contributed by atoms with van der Waals surface area (Å²) in [5, 5.41) is 0. The Balaban J connectivity index is 2.86. The van der Waals surface area contributed by atoms with E-state index in [1.807, 2.05) is 51.1 Å². The van der Waals surface area contributed by atoms with Gasteiger partial charge in [0, 0.05) is 5.54 Å². The van der Waals surface area contributed by atoms with Gasteiger partial charge in [0.25, 0.3) is 0 Å². The largest absolute Gasteiger partial charge is 0.330 e. The van der Waals surface area contributed by atoms with Crippen LogP contribution in [-0.4, -0.2) is 28.7 Å². The van der Waals surface area contributed by atoms with Crippen molar-refractivity contribution in [1.82, 2.24) is 4.90 Å². The highest BCUT2D eigenvalue weighted by molar-refractivity contribution is 5.86. The van der Waals surface area contributed by atoms with E-state index in [2.05, 4.69) is 0 Å². The second-order valence-corrected chi connectivity index (χ2v) is 5.51. The van der Waals surface area contributed by atoms with E-state index in [1.165, 1.54) is 6.92 Å². The van der Waals surface area contributed by atoms with Crippen LogP contribution in [0.25, 0.3) is 0 Å². The summed E-state index contributed by atoms with van der Waals surface area (Å²) in [5.41, 5.74) is 0.685. The van der Waals surface area contributed by atoms with E-state index in [-0.39, 0.29) is 23.8 Å². The number of amides is 1. The van der Waals surface area contributed by atoms with Gasteiger partial charge >= 0.3 is 0 Å². The van der Waals surface area contributed by atoms with Crippen molar-refractivity contribution in [2.24, 2.45) is 0 Å². The van der Waals surface area contributed by atoms with Gasteiger partial charge in [-0.15, -0.1) is 0 Å². The van der Waals surface area contributed by atoms with Gasteiger partial charge in [0.15, 0.2) is 0 Å². The van der Waals surface area contributed by atoms with Crippen LogP contribution in [-0.2, 0) is 16.0 Å². The molecule has 0 aliphatic carbocycles. The maximum Gasteiger partial charge on any atom is 0.227 e. The van der Waals surface area contributed by atoms with Crippen molar-refractivity contribution in [2.75, 3.05) is 6.54 Å². The van der Waals surface area contributed by atoms with Gasteiger partial charge in [-0.25, -0.2) is 0 Å². The average Bonchev–Trinajstić information content (AvgIpc) is 2.36. The van der Waals surface area contributed by atoms with Crippen LogP contribution in [0.15, 0.2) is 30.3 Å². The lowest BCUT2D eigenvalue weighted by atomic mass is 9.97. The lowest BCUT2D eigenvalue weighted by Crippen LogP contribution is -2.50. The van der Waals surface area contributed by atoms with E-state index in [1.54, 1.807) is 4.90 Å². The van der Waals surface area contributed by atoms with Crippen LogP contribution < -0.4 is 0 Å². The summed E-state index contributed by atoms with van der Waals surface area (Å²) in [6.45, 7) is 7.74. The Morgan fingerprint density at radius 1 is 1.16 bits per heavy atom.